The van der Waals surface area contributed by atoms with Gasteiger partial charge in [0.25, 0.3) is 0 Å². The molecule has 1 heteroatoms. The molecule has 0 bridgehead atoms. The molecule has 1 saturated carbocycles. The van der Waals surface area contributed by atoms with Gasteiger partial charge in [-0.25, -0.2) is 0 Å². The molecule has 1 atom stereocenters. The molecule has 0 saturated heterocycles. The highest BCUT2D eigenvalue weighted by molar-refractivity contribution is 5.51. The first-order valence-corrected chi connectivity index (χ1v) is 6.34. The number of carbonyl (C=O) groups excluding carboxylic acids is 1. The summed E-state index contributed by atoms with van der Waals surface area (Å²) >= 11 is 0. The topological polar surface area (TPSA) is 17.1 Å². The number of hydrogen-bond donors (Lipinski definition) is 0. The van der Waals surface area contributed by atoms with Gasteiger partial charge in [-0.05, 0) is 35.8 Å². The Morgan fingerprint density at radius 2 is 2.12 bits per heavy atom. The fourth-order valence-electron chi connectivity index (χ4n) is 2.66. The quantitative estimate of drug-likeness (QED) is 0.694. The molecule has 0 aromatic heterocycles. The van der Waals surface area contributed by atoms with Crippen LogP contribution in [0.2, 0.25) is 0 Å². The van der Waals surface area contributed by atoms with Crippen molar-refractivity contribution in [1.29, 1.82) is 0 Å². The van der Waals surface area contributed by atoms with Crippen molar-refractivity contribution in [2.75, 3.05) is 0 Å². The fraction of sp³-hybridized carbons (Fsp3) is 0.533. The minimum Gasteiger partial charge on any atom is -0.303 e. The van der Waals surface area contributed by atoms with Crippen LogP contribution in [0.4, 0.5) is 0 Å². The summed E-state index contributed by atoms with van der Waals surface area (Å²) in [6.07, 6.45) is 7.08. The van der Waals surface area contributed by atoms with E-state index in [1.165, 1.54) is 36.8 Å². The van der Waals surface area contributed by atoms with Gasteiger partial charge in [-0.2, -0.15) is 0 Å². The molecule has 1 aromatic rings. The van der Waals surface area contributed by atoms with Crippen LogP contribution in [0.25, 0.3) is 0 Å². The van der Waals surface area contributed by atoms with E-state index in [-0.39, 0.29) is 0 Å². The SMILES string of the molecule is CC(CC=O)c1cccc(C2CCCC2)c1. The van der Waals surface area contributed by atoms with Crippen molar-refractivity contribution < 1.29 is 4.79 Å². The Labute approximate surface area is 97.9 Å². The monoisotopic (exact) mass is 216 g/mol. The summed E-state index contributed by atoms with van der Waals surface area (Å²) in [6, 6.07) is 8.84. The first kappa shape index (κ1) is 11.4. The summed E-state index contributed by atoms with van der Waals surface area (Å²) < 4.78 is 0. The summed E-state index contributed by atoms with van der Waals surface area (Å²) in [7, 11) is 0. The molecule has 0 N–H and O–H groups in total. The van der Waals surface area contributed by atoms with Crippen LogP contribution in [-0.2, 0) is 4.79 Å². The molecule has 1 unspecified atom stereocenters. The van der Waals surface area contributed by atoms with Crippen molar-refractivity contribution >= 4 is 6.29 Å². The van der Waals surface area contributed by atoms with Gasteiger partial charge >= 0.3 is 0 Å². The molecule has 1 fully saturated rings. The fourth-order valence-corrected chi connectivity index (χ4v) is 2.66. The minimum absolute atomic E-state index is 0.360. The molecule has 1 aromatic carbocycles. The number of rotatable bonds is 4. The lowest BCUT2D eigenvalue weighted by Gasteiger charge is -2.14. The second-order valence-electron chi connectivity index (χ2n) is 4.95. The molecular weight excluding hydrogens is 196 g/mol. The highest BCUT2D eigenvalue weighted by Crippen LogP contribution is 2.35. The Bertz CT molecular complexity index is 350. The predicted molar refractivity (Wildman–Crippen MR) is 66.7 cm³/mol. The zero-order valence-electron chi connectivity index (χ0n) is 9.99. The van der Waals surface area contributed by atoms with Crippen molar-refractivity contribution in [2.24, 2.45) is 0 Å². The molecule has 86 valence electrons. The summed E-state index contributed by atoms with van der Waals surface area (Å²) in [4.78, 5) is 10.5. The van der Waals surface area contributed by atoms with Gasteiger partial charge in [0.2, 0.25) is 0 Å². The molecule has 0 radical (unpaired) electrons. The van der Waals surface area contributed by atoms with Crippen molar-refractivity contribution in [3.05, 3.63) is 35.4 Å². The third-order valence-corrected chi connectivity index (χ3v) is 3.76. The lowest BCUT2D eigenvalue weighted by atomic mass is 9.91. The average molecular weight is 216 g/mol. The minimum atomic E-state index is 0.360. The largest absolute Gasteiger partial charge is 0.303 e. The van der Waals surface area contributed by atoms with Crippen molar-refractivity contribution in [3.63, 3.8) is 0 Å². The first-order valence-electron chi connectivity index (χ1n) is 6.34. The molecule has 16 heavy (non-hydrogen) atoms. The molecule has 0 heterocycles. The van der Waals surface area contributed by atoms with Crippen LogP contribution >= 0.6 is 0 Å². The lowest BCUT2D eigenvalue weighted by Crippen LogP contribution is -1.98. The third kappa shape index (κ3) is 2.52. The third-order valence-electron chi connectivity index (χ3n) is 3.76. The molecule has 1 aliphatic rings. The maximum atomic E-state index is 10.5. The maximum Gasteiger partial charge on any atom is 0.120 e. The Balaban J connectivity index is 2.15. The predicted octanol–water partition coefficient (Wildman–Crippen LogP) is 4.04. The smallest absolute Gasteiger partial charge is 0.120 e. The van der Waals surface area contributed by atoms with Crippen molar-refractivity contribution in [2.45, 2.75) is 50.9 Å². The first-order chi connectivity index (χ1) is 7.81. The Morgan fingerprint density at radius 1 is 1.38 bits per heavy atom. The molecule has 1 aliphatic carbocycles. The van der Waals surface area contributed by atoms with Gasteiger partial charge in [0, 0.05) is 6.42 Å². The van der Waals surface area contributed by atoms with Gasteiger partial charge in [-0.1, -0.05) is 44.0 Å². The highest BCUT2D eigenvalue weighted by Gasteiger charge is 2.17. The van der Waals surface area contributed by atoms with E-state index in [4.69, 9.17) is 0 Å². The number of carbonyl (C=O) groups is 1. The second-order valence-corrected chi connectivity index (χ2v) is 4.95. The standard InChI is InChI=1S/C15H20O/c1-12(9-10-16)14-7-4-8-15(11-14)13-5-2-3-6-13/h4,7-8,10-13H,2-3,5-6,9H2,1H3. The number of hydrogen-bond acceptors (Lipinski definition) is 1. The summed E-state index contributed by atoms with van der Waals surface area (Å²) in [5.74, 6) is 1.13. The van der Waals surface area contributed by atoms with Gasteiger partial charge < -0.3 is 4.79 Å². The number of aldehydes is 1. The molecular formula is C15H20O. The Kier molecular flexibility index (Phi) is 3.76. The molecule has 0 aliphatic heterocycles. The van der Waals surface area contributed by atoms with Gasteiger partial charge in [0.05, 0.1) is 0 Å². The zero-order valence-corrected chi connectivity index (χ0v) is 9.99. The normalized spacial score (nSPS) is 18.6. The van der Waals surface area contributed by atoms with Crippen molar-refractivity contribution in [3.8, 4) is 0 Å². The van der Waals surface area contributed by atoms with Crippen LogP contribution < -0.4 is 0 Å². The van der Waals surface area contributed by atoms with Gasteiger partial charge in [0.15, 0.2) is 0 Å². The zero-order chi connectivity index (χ0) is 11.4. The van der Waals surface area contributed by atoms with E-state index >= 15 is 0 Å². The van der Waals surface area contributed by atoms with E-state index in [0.29, 0.717) is 12.3 Å². The Hall–Kier alpha value is -1.11. The molecule has 0 amide bonds. The van der Waals surface area contributed by atoms with E-state index < -0.39 is 0 Å². The second kappa shape index (κ2) is 5.29. The van der Waals surface area contributed by atoms with Crippen LogP contribution in [0.5, 0.6) is 0 Å². The van der Waals surface area contributed by atoms with E-state index in [2.05, 4.69) is 31.2 Å². The van der Waals surface area contributed by atoms with Gasteiger partial charge in [0.1, 0.15) is 6.29 Å². The molecule has 2 rings (SSSR count). The van der Waals surface area contributed by atoms with Gasteiger partial charge in [-0.15, -0.1) is 0 Å². The van der Waals surface area contributed by atoms with E-state index in [9.17, 15) is 4.79 Å². The lowest BCUT2D eigenvalue weighted by molar-refractivity contribution is -0.108. The Morgan fingerprint density at radius 3 is 2.81 bits per heavy atom. The van der Waals surface area contributed by atoms with Crippen LogP contribution in [-0.4, -0.2) is 6.29 Å². The van der Waals surface area contributed by atoms with E-state index in [1.807, 2.05) is 0 Å². The van der Waals surface area contributed by atoms with Crippen LogP contribution in [0.15, 0.2) is 24.3 Å². The van der Waals surface area contributed by atoms with Crippen LogP contribution in [0, 0.1) is 0 Å². The maximum absolute atomic E-state index is 10.5. The van der Waals surface area contributed by atoms with E-state index in [0.717, 1.165) is 12.2 Å². The molecule has 1 nitrogen and oxygen atoms in total. The number of benzene rings is 1. The van der Waals surface area contributed by atoms with Crippen LogP contribution in [0.3, 0.4) is 0 Å². The highest BCUT2D eigenvalue weighted by atomic mass is 16.1. The summed E-state index contributed by atoms with van der Waals surface area (Å²) in [6.45, 7) is 2.13. The van der Waals surface area contributed by atoms with E-state index in [1.54, 1.807) is 0 Å². The van der Waals surface area contributed by atoms with Crippen LogP contribution in [0.1, 0.15) is 62.0 Å². The summed E-state index contributed by atoms with van der Waals surface area (Å²) in [5, 5.41) is 0. The summed E-state index contributed by atoms with van der Waals surface area (Å²) in [5.41, 5.74) is 2.80. The molecule has 0 spiro atoms. The van der Waals surface area contributed by atoms with Crippen molar-refractivity contribution in [1.82, 2.24) is 0 Å². The van der Waals surface area contributed by atoms with Gasteiger partial charge in [-0.3, -0.25) is 0 Å². The average Bonchev–Trinajstić information content (AvgIpc) is 2.83.